The molecule has 1 fully saturated rings. The second-order valence-corrected chi connectivity index (χ2v) is 6.28. The first-order valence-electron chi connectivity index (χ1n) is 5.69. The Labute approximate surface area is 115 Å². The molecular weight excluding hydrogens is 271 g/mol. The van der Waals surface area contributed by atoms with E-state index in [0.717, 1.165) is 9.90 Å². The summed E-state index contributed by atoms with van der Waals surface area (Å²) in [6, 6.07) is 12.5. The molecule has 0 radical (unpaired) electrons. The van der Waals surface area contributed by atoms with Gasteiger partial charge in [-0.25, -0.2) is 0 Å². The Morgan fingerprint density at radius 1 is 1.18 bits per heavy atom. The van der Waals surface area contributed by atoms with Gasteiger partial charge in [-0.1, -0.05) is 41.9 Å². The van der Waals surface area contributed by atoms with Gasteiger partial charge >= 0.3 is 0 Å². The van der Waals surface area contributed by atoms with Crippen LogP contribution in [0.3, 0.4) is 0 Å². The molecule has 0 spiro atoms. The molecule has 0 saturated heterocycles. The molecule has 3 heteroatoms. The standard InChI is InChI=1S/C14H12Cl2S/c15-12-6-7-17-14(12)13(16)11-8-10(11)9-4-2-1-3-5-9/h1-7,10-11,13H,8H2. The van der Waals surface area contributed by atoms with Crippen LogP contribution in [0.5, 0.6) is 0 Å². The van der Waals surface area contributed by atoms with Gasteiger partial charge in [0.05, 0.1) is 10.4 Å². The molecule has 0 N–H and O–H groups in total. The van der Waals surface area contributed by atoms with Crippen LogP contribution in [0.25, 0.3) is 0 Å². The minimum absolute atomic E-state index is 0.0627. The number of hydrogen-bond donors (Lipinski definition) is 0. The third-order valence-corrected chi connectivity index (χ3v) is 5.45. The van der Waals surface area contributed by atoms with Crippen LogP contribution in [0.2, 0.25) is 5.02 Å². The summed E-state index contributed by atoms with van der Waals surface area (Å²) < 4.78 is 0. The highest BCUT2D eigenvalue weighted by Gasteiger charge is 2.44. The van der Waals surface area contributed by atoms with Gasteiger partial charge in [-0.3, -0.25) is 0 Å². The van der Waals surface area contributed by atoms with E-state index in [4.69, 9.17) is 23.2 Å². The average Bonchev–Trinajstić information content (AvgIpc) is 3.05. The third kappa shape index (κ3) is 2.24. The molecule has 1 aromatic carbocycles. The Bertz CT molecular complexity index is 506. The summed E-state index contributed by atoms with van der Waals surface area (Å²) in [6.45, 7) is 0. The molecule has 88 valence electrons. The topological polar surface area (TPSA) is 0 Å². The molecule has 3 rings (SSSR count). The van der Waals surface area contributed by atoms with E-state index in [9.17, 15) is 0 Å². The zero-order valence-electron chi connectivity index (χ0n) is 9.14. The Balaban J connectivity index is 1.75. The van der Waals surface area contributed by atoms with Crippen LogP contribution in [0.15, 0.2) is 41.8 Å². The van der Waals surface area contributed by atoms with Crippen molar-refractivity contribution in [1.29, 1.82) is 0 Å². The van der Waals surface area contributed by atoms with Crippen LogP contribution in [0.1, 0.15) is 28.2 Å². The zero-order chi connectivity index (χ0) is 11.8. The monoisotopic (exact) mass is 282 g/mol. The summed E-state index contributed by atoms with van der Waals surface area (Å²) in [6.07, 6.45) is 1.17. The van der Waals surface area contributed by atoms with Crippen LogP contribution in [-0.4, -0.2) is 0 Å². The van der Waals surface area contributed by atoms with Crippen molar-refractivity contribution in [2.24, 2.45) is 5.92 Å². The van der Waals surface area contributed by atoms with Gasteiger partial charge in [0.2, 0.25) is 0 Å². The number of thiophene rings is 1. The van der Waals surface area contributed by atoms with Crippen LogP contribution < -0.4 is 0 Å². The van der Waals surface area contributed by atoms with E-state index in [-0.39, 0.29) is 5.38 Å². The van der Waals surface area contributed by atoms with Crippen molar-refractivity contribution in [2.75, 3.05) is 0 Å². The first-order chi connectivity index (χ1) is 8.27. The maximum Gasteiger partial charge on any atom is 0.0727 e. The van der Waals surface area contributed by atoms with E-state index >= 15 is 0 Å². The fourth-order valence-electron chi connectivity index (χ4n) is 2.32. The first-order valence-corrected chi connectivity index (χ1v) is 7.38. The predicted molar refractivity (Wildman–Crippen MR) is 75.2 cm³/mol. The number of halogens is 2. The molecule has 17 heavy (non-hydrogen) atoms. The Kier molecular flexibility index (Phi) is 3.16. The molecule has 1 saturated carbocycles. The third-order valence-electron chi connectivity index (χ3n) is 3.34. The normalized spacial score (nSPS) is 24.6. The minimum atomic E-state index is 0.0627. The molecule has 0 amide bonds. The molecule has 0 nitrogen and oxygen atoms in total. The molecule has 1 aromatic heterocycles. The van der Waals surface area contributed by atoms with Crippen molar-refractivity contribution >= 4 is 34.5 Å². The molecule has 3 unspecified atom stereocenters. The first kappa shape index (κ1) is 11.6. The zero-order valence-corrected chi connectivity index (χ0v) is 11.5. The lowest BCUT2D eigenvalue weighted by atomic mass is 10.1. The lowest BCUT2D eigenvalue weighted by molar-refractivity contribution is 0.776. The van der Waals surface area contributed by atoms with Crippen molar-refractivity contribution < 1.29 is 0 Å². The molecule has 1 aliphatic carbocycles. The number of rotatable bonds is 3. The van der Waals surface area contributed by atoms with E-state index in [0.29, 0.717) is 11.8 Å². The Morgan fingerprint density at radius 3 is 2.59 bits per heavy atom. The Hall–Kier alpha value is -0.500. The smallest absolute Gasteiger partial charge is 0.0727 e. The summed E-state index contributed by atoms with van der Waals surface area (Å²) in [7, 11) is 0. The second-order valence-electron chi connectivity index (χ2n) is 4.45. The molecule has 1 heterocycles. The van der Waals surface area contributed by atoms with E-state index in [2.05, 4.69) is 30.3 Å². The van der Waals surface area contributed by atoms with Gasteiger partial charge in [0.25, 0.3) is 0 Å². The van der Waals surface area contributed by atoms with Gasteiger partial charge in [0.1, 0.15) is 0 Å². The van der Waals surface area contributed by atoms with Crippen molar-refractivity contribution in [1.82, 2.24) is 0 Å². The highest BCUT2D eigenvalue weighted by Crippen LogP contribution is 2.57. The van der Waals surface area contributed by atoms with Gasteiger partial charge in [0.15, 0.2) is 0 Å². The Morgan fingerprint density at radius 2 is 1.94 bits per heavy atom. The van der Waals surface area contributed by atoms with Gasteiger partial charge < -0.3 is 0 Å². The van der Waals surface area contributed by atoms with Crippen LogP contribution >= 0.6 is 34.5 Å². The van der Waals surface area contributed by atoms with E-state index in [1.807, 2.05) is 11.4 Å². The van der Waals surface area contributed by atoms with Crippen LogP contribution in [0.4, 0.5) is 0 Å². The SMILES string of the molecule is Clc1ccsc1C(Cl)C1CC1c1ccccc1. The maximum absolute atomic E-state index is 6.52. The maximum atomic E-state index is 6.52. The van der Waals surface area contributed by atoms with Crippen LogP contribution in [0, 0.1) is 5.92 Å². The minimum Gasteiger partial charge on any atom is -0.146 e. The fourth-order valence-corrected chi connectivity index (χ4v) is 4.15. The largest absolute Gasteiger partial charge is 0.146 e. The van der Waals surface area contributed by atoms with Gasteiger partial charge in [-0.05, 0) is 35.3 Å². The van der Waals surface area contributed by atoms with E-state index < -0.39 is 0 Å². The molecule has 2 aromatic rings. The summed E-state index contributed by atoms with van der Waals surface area (Å²) in [5.41, 5.74) is 1.40. The lowest BCUT2D eigenvalue weighted by Gasteiger charge is -2.07. The van der Waals surface area contributed by atoms with Crippen molar-refractivity contribution in [3.05, 3.63) is 57.2 Å². The summed E-state index contributed by atoms with van der Waals surface area (Å²) in [4.78, 5) is 1.12. The number of alkyl halides is 1. The van der Waals surface area contributed by atoms with Gasteiger partial charge in [0, 0.05) is 4.88 Å². The molecular formula is C14H12Cl2S. The van der Waals surface area contributed by atoms with Crippen LogP contribution in [-0.2, 0) is 0 Å². The highest BCUT2D eigenvalue weighted by molar-refractivity contribution is 7.11. The van der Waals surface area contributed by atoms with Gasteiger partial charge in [-0.15, -0.1) is 22.9 Å². The molecule has 0 aliphatic heterocycles. The van der Waals surface area contributed by atoms with Crippen molar-refractivity contribution in [3.63, 3.8) is 0 Å². The summed E-state index contributed by atoms with van der Waals surface area (Å²) in [5, 5.41) is 2.88. The molecule has 1 aliphatic rings. The summed E-state index contributed by atoms with van der Waals surface area (Å²) >= 11 is 14.3. The average molecular weight is 283 g/mol. The summed E-state index contributed by atoms with van der Waals surface area (Å²) in [5.74, 6) is 1.15. The van der Waals surface area contributed by atoms with E-state index in [1.54, 1.807) is 11.3 Å². The van der Waals surface area contributed by atoms with E-state index in [1.165, 1.54) is 12.0 Å². The highest BCUT2D eigenvalue weighted by atomic mass is 35.5. The lowest BCUT2D eigenvalue weighted by Crippen LogP contribution is -1.92. The molecule has 0 bridgehead atoms. The molecule has 3 atom stereocenters. The predicted octanol–water partition coefficient (Wildman–Crippen LogP) is 5.49. The second kappa shape index (κ2) is 4.64. The fraction of sp³-hybridized carbons (Fsp3) is 0.286. The quantitative estimate of drug-likeness (QED) is 0.654. The number of hydrogen-bond acceptors (Lipinski definition) is 1. The van der Waals surface area contributed by atoms with Gasteiger partial charge in [-0.2, -0.15) is 0 Å². The number of benzene rings is 1. The van der Waals surface area contributed by atoms with Crippen molar-refractivity contribution in [3.8, 4) is 0 Å². The van der Waals surface area contributed by atoms with Crippen molar-refractivity contribution in [2.45, 2.75) is 17.7 Å².